The number of hydrogen-bond acceptors (Lipinski definition) is 3. The molecule has 29 heavy (non-hydrogen) atoms. The molecule has 1 aromatic heterocycles. The minimum absolute atomic E-state index is 0.0604. The highest BCUT2D eigenvalue weighted by atomic mass is 19.1. The van der Waals surface area contributed by atoms with Crippen molar-refractivity contribution in [1.29, 1.82) is 0 Å². The maximum absolute atomic E-state index is 13.4. The van der Waals surface area contributed by atoms with Crippen LogP contribution in [0.15, 0.2) is 72.9 Å². The molecule has 1 unspecified atom stereocenters. The first-order valence-electron chi connectivity index (χ1n) is 9.96. The molecule has 4 nitrogen and oxygen atoms in total. The third kappa shape index (κ3) is 4.62. The average Bonchev–Trinajstić information content (AvgIpc) is 3.17. The van der Waals surface area contributed by atoms with E-state index in [9.17, 15) is 9.18 Å². The van der Waals surface area contributed by atoms with Gasteiger partial charge in [0, 0.05) is 43.6 Å². The molecule has 0 bridgehead atoms. The summed E-state index contributed by atoms with van der Waals surface area (Å²) in [5, 5.41) is 3.07. The largest absolute Gasteiger partial charge is 0.369 e. The molecule has 1 N–H and O–H groups in total. The number of nitrogens with zero attached hydrogens (tertiary/aromatic N) is 2. The van der Waals surface area contributed by atoms with Crippen molar-refractivity contribution in [3.05, 3.63) is 95.6 Å². The monoisotopic (exact) mass is 389 g/mol. The van der Waals surface area contributed by atoms with E-state index in [0.29, 0.717) is 13.0 Å². The van der Waals surface area contributed by atoms with Gasteiger partial charge in [0.2, 0.25) is 5.91 Å². The third-order valence-electron chi connectivity index (χ3n) is 5.39. The molecule has 1 atom stereocenters. The number of fused-ring (bicyclic) bond motifs is 1. The molecule has 5 heteroatoms. The van der Waals surface area contributed by atoms with E-state index in [-0.39, 0.29) is 11.7 Å². The molecular formula is C24H24FN3O. The van der Waals surface area contributed by atoms with E-state index in [1.807, 2.05) is 24.3 Å². The number of nitrogens with one attached hydrogen (secondary N) is 1. The van der Waals surface area contributed by atoms with Gasteiger partial charge in [-0.15, -0.1) is 0 Å². The van der Waals surface area contributed by atoms with Crippen LogP contribution in [0.1, 0.15) is 22.7 Å². The lowest BCUT2D eigenvalue weighted by Gasteiger charge is -2.21. The van der Waals surface area contributed by atoms with Crippen molar-refractivity contribution in [2.75, 3.05) is 24.5 Å². The van der Waals surface area contributed by atoms with Gasteiger partial charge in [0.15, 0.2) is 0 Å². The van der Waals surface area contributed by atoms with Crippen LogP contribution in [0, 0.1) is 5.82 Å². The SMILES string of the molecule is O=C(NCCN1CCc2ccccc21)C(Cc1ccccn1)c1ccc(F)cc1. The number of benzene rings is 2. The normalized spacial score (nSPS) is 13.8. The fourth-order valence-electron chi connectivity index (χ4n) is 3.86. The van der Waals surface area contributed by atoms with E-state index in [0.717, 1.165) is 30.8 Å². The first kappa shape index (κ1) is 19.1. The molecule has 0 radical (unpaired) electrons. The number of pyridine rings is 1. The molecule has 3 aromatic rings. The van der Waals surface area contributed by atoms with Crippen LogP contribution in [0.25, 0.3) is 0 Å². The van der Waals surface area contributed by atoms with Crippen LogP contribution >= 0.6 is 0 Å². The highest BCUT2D eigenvalue weighted by Crippen LogP contribution is 2.27. The number of rotatable bonds is 7. The predicted octanol–water partition coefficient (Wildman–Crippen LogP) is 3.73. The molecule has 1 aliphatic rings. The van der Waals surface area contributed by atoms with Crippen molar-refractivity contribution in [3.8, 4) is 0 Å². The second-order valence-corrected chi connectivity index (χ2v) is 7.29. The van der Waals surface area contributed by atoms with Crippen LogP contribution in [-0.2, 0) is 17.6 Å². The maximum atomic E-state index is 13.4. The summed E-state index contributed by atoms with van der Waals surface area (Å²) in [6.07, 6.45) is 3.24. The molecule has 2 heterocycles. The maximum Gasteiger partial charge on any atom is 0.228 e. The second kappa shape index (κ2) is 8.86. The summed E-state index contributed by atoms with van der Waals surface area (Å²) < 4.78 is 13.4. The molecule has 1 aliphatic heterocycles. The zero-order valence-corrected chi connectivity index (χ0v) is 16.2. The first-order chi connectivity index (χ1) is 14.2. The minimum Gasteiger partial charge on any atom is -0.369 e. The Morgan fingerprint density at radius 2 is 1.86 bits per heavy atom. The Morgan fingerprint density at radius 3 is 2.66 bits per heavy atom. The number of aromatic nitrogens is 1. The molecule has 2 aromatic carbocycles. The highest BCUT2D eigenvalue weighted by molar-refractivity contribution is 5.84. The van der Waals surface area contributed by atoms with E-state index in [1.54, 1.807) is 18.3 Å². The minimum atomic E-state index is -0.406. The third-order valence-corrected chi connectivity index (χ3v) is 5.39. The molecule has 0 fully saturated rings. The van der Waals surface area contributed by atoms with Gasteiger partial charge in [0.05, 0.1) is 5.92 Å². The number of hydrogen-bond donors (Lipinski definition) is 1. The lowest BCUT2D eigenvalue weighted by molar-refractivity contribution is -0.122. The van der Waals surface area contributed by atoms with E-state index in [4.69, 9.17) is 0 Å². The van der Waals surface area contributed by atoms with E-state index in [2.05, 4.69) is 33.4 Å². The van der Waals surface area contributed by atoms with Gasteiger partial charge in [-0.2, -0.15) is 0 Å². The zero-order valence-electron chi connectivity index (χ0n) is 16.2. The lowest BCUT2D eigenvalue weighted by atomic mass is 9.93. The van der Waals surface area contributed by atoms with Crippen molar-refractivity contribution < 1.29 is 9.18 Å². The first-order valence-corrected chi connectivity index (χ1v) is 9.96. The highest BCUT2D eigenvalue weighted by Gasteiger charge is 2.23. The molecule has 148 valence electrons. The molecule has 0 saturated heterocycles. The number of carbonyl (C=O) groups is 1. The fraction of sp³-hybridized carbons (Fsp3) is 0.250. The Balaban J connectivity index is 1.42. The molecule has 0 spiro atoms. The van der Waals surface area contributed by atoms with Gasteiger partial charge in [-0.3, -0.25) is 9.78 Å². The second-order valence-electron chi connectivity index (χ2n) is 7.29. The van der Waals surface area contributed by atoms with Crippen LogP contribution in [0.4, 0.5) is 10.1 Å². The Kier molecular flexibility index (Phi) is 5.84. The molecule has 1 amide bonds. The van der Waals surface area contributed by atoms with Gasteiger partial charge < -0.3 is 10.2 Å². The summed E-state index contributed by atoms with van der Waals surface area (Å²) in [5.74, 6) is -0.774. The van der Waals surface area contributed by atoms with E-state index < -0.39 is 5.92 Å². The Bertz CT molecular complexity index is 959. The fourth-order valence-corrected chi connectivity index (χ4v) is 3.86. The Hall–Kier alpha value is -3.21. The van der Waals surface area contributed by atoms with Crippen LogP contribution in [0.3, 0.4) is 0 Å². The summed E-state index contributed by atoms with van der Waals surface area (Å²) in [7, 11) is 0. The Labute approximate surface area is 170 Å². The van der Waals surface area contributed by atoms with Crippen LogP contribution in [0.2, 0.25) is 0 Å². The van der Waals surface area contributed by atoms with Crippen molar-refractivity contribution in [1.82, 2.24) is 10.3 Å². The van der Waals surface area contributed by atoms with Gasteiger partial charge in [-0.05, 0) is 47.9 Å². The standard InChI is InChI=1S/C24H24FN3O/c25-20-10-8-18(9-11-20)22(17-21-6-3-4-13-26-21)24(29)27-14-16-28-15-12-19-5-1-2-7-23(19)28/h1-11,13,22H,12,14-17H2,(H,27,29). The number of amides is 1. The molecular weight excluding hydrogens is 365 g/mol. The zero-order chi connectivity index (χ0) is 20.1. The quantitative estimate of drug-likeness (QED) is 0.670. The van der Waals surface area contributed by atoms with Crippen LogP contribution in [0.5, 0.6) is 0 Å². The van der Waals surface area contributed by atoms with Crippen LogP contribution in [-0.4, -0.2) is 30.5 Å². The lowest BCUT2D eigenvalue weighted by Crippen LogP contribution is -2.37. The summed E-state index contributed by atoms with van der Waals surface area (Å²) in [6, 6.07) is 20.2. The molecule has 4 rings (SSSR count). The van der Waals surface area contributed by atoms with E-state index in [1.165, 1.54) is 23.4 Å². The predicted molar refractivity (Wildman–Crippen MR) is 112 cm³/mol. The van der Waals surface area contributed by atoms with Crippen molar-refractivity contribution in [2.24, 2.45) is 0 Å². The van der Waals surface area contributed by atoms with Gasteiger partial charge in [0.25, 0.3) is 0 Å². The topological polar surface area (TPSA) is 45.2 Å². The van der Waals surface area contributed by atoms with Crippen molar-refractivity contribution in [3.63, 3.8) is 0 Å². The summed E-state index contributed by atoms with van der Waals surface area (Å²) >= 11 is 0. The van der Waals surface area contributed by atoms with Gasteiger partial charge >= 0.3 is 0 Å². The Morgan fingerprint density at radius 1 is 1.07 bits per heavy atom. The van der Waals surface area contributed by atoms with Gasteiger partial charge in [-0.25, -0.2) is 4.39 Å². The summed E-state index contributed by atoms with van der Waals surface area (Å²) in [6.45, 7) is 2.31. The smallest absolute Gasteiger partial charge is 0.228 e. The van der Waals surface area contributed by atoms with Gasteiger partial charge in [0.1, 0.15) is 5.82 Å². The number of carbonyl (C=O) groups excluding carboxylic acids is 1. The van der Waals surface area contributed by atoms with E-state index >= 15 is 0 Å². The average molecular weight is 389 g/mol. The van der Waals surface area contributed by atoms with Gasteiger partial charge in [-0.1, -0.05) is 36.4 Å². The number of anilines is 1. The molecule has 0 aliphatic carbocycles. The van der Waals surface area contributed by atoms with Crippen molar-refractivity contribution in [2.45, 2.75) is 18.8 Å². The summed E-state index contributed by atoms with van der Waals surface area (Å²) in [4.78, 5) is 19.7. The summed E-state index contributed by atoms with van der Waals surface area (Å²) in [5.41, 5.74) is 4.25. The van der Waals surface area contributed by atoms with Crippen molar-refractivity contribution >= 4 is 11.6 Å². The number of para-hydroxylation sites is 1. The molecule has 0 saturated carbocycles. The van der Waals surface area contributed by atoms with Crippen LogP contribution < -0.4 is 10.2 Å². The number of halogens is 1.